The van der Waals surface area contributed by atoms with Gasteiger partial charge in [0.25, 0.3) is 11.8 Å². The number of nitrogens with zero attached hydrogens (tertiary/aromatic N) is 2. The maximum absolute atomic E-state index is 11.9. The quantitative estimate of drug-likeness (QED) is 0.584. The van der Waals surface area contributed by atoms with Crippen LogP contribution in [0.25, 0.3) is 0 Å². The average Bonchev–Trinajstić information content (AvgIpc) is 2.58. The Morgan fingerprint density at radius 3 is 2.15 bits per heavy atom. The highest BCUT2D eigenvalue weighted by atomic mass is 16.8. The zero-order chi connectivity index (χ0) is 15.5. The van der Waals surface area contributed by atoms with Gasteiger partial charge in [-0.2, -0.15) is 5.01 Å². The Morgan fingerprint density at radius 1 is 1.25 bits per heavy atom. The number of aliphatic carboxylic acids is 1. The van der Waals surface area contributed by atoms with Gasteiger partial charge in [-0.05, 0) is 20.8 Å². The number of carbonyl (C=O) groups is 4. The first-order valence-corrected chi connectivity index (χ1v) is 5.85. The van der Waals surface area contributed by atoms with Gasteiger partial charge in [-0.3, -0.25) is 9.59 Å². The van der Waals surface area contributed by atoms with Crippen LogP contribution in [0.3, 0.4) is 0 Å². The van der Waals surface area contributed by atoms with Crippen molar-refractivity contribution < 1.29 is 33.9 Å². The summed E-state index contributed by atoms with van der Waals surface area (Å²) in [7, 11) is 0. The molecule has 0 radical (unpaired) electrons. The van der Waals surface area contributed by atoms with Gasteiger partial charge in [0.05, 0.1) is 0 Å². The molecule has 1 N–H and O–H groups in total. The highest BCUT2D eigenvalue weighted by molar-refractivity contribution is 6.02. The van der Waals surface area contributed by atoms with E-state index in [9.17, 15) is 19.2 Å². The molecule has 1 saturated heterocycles. The summed E-state index contributed by atoms with van der Waals surface area (Å²) in [6.45, 7) is 3.84. The third kappa shape index (κ3) is 4.19. The van der Waals surface area contributed by atoms with Crippen LogP contribution in [0.1, 0.15) is 33.6 Å². The van der Waals surface area contributed by atoms with E-state index in [0.29, 0.717) is 5.01 Å². The number of amides is 3. The molecule has 112 valence electrons. The monoisotopic (exact) mass is 288 g/mol. The van der Waals surface area contributed by atoms with E-state index >= 15 is 0 Å². The summed E-state index contributed by atoms with van der Waals surface area (Å²) < 4.78 is 4.96. The van der Waals surface area contributed by atoms with Crippen LogP contribution in [0.2, 0.25) is 0 Å². The number of carboxylic acids is 1. The lowest BCUT2D eigenvalue weighted by molar-refractivity contribution is -0.245. The minimum Gasteiger partial charge on any atom is -0.479 e. The summed E-state index contributed by atoms with van der Waals surface area (Å²) in [5.41, 5.74) is -0.895. The second kappa shape index (κ2) is 5.87. The minimum absolute atomic E-state index is 0.0748. The third-order valence-electron chi connectivity index (χ3n) is 2.07. The van der Waals surface area contributed by atoms with Gasteiger partial charge in [0.2, 0.25) is 0 Å². The number of hydrogen-bond donors (Lipinski definition) is 1. The Bertz CT molecular complexity index is 425. The molecule has 0 spiro atoms. The summed E-state index contributed by atoms with van der Waals surface area (Å²) in [5, 5.41) is 9.28. The molecule has 1 fully saturated rings. The van der Waals surface area contributed by atoms with Gasteiger partial charge in [0, 0.05) is 12.8 Å². The molecule has 9 heteroatoms. The number of hydroxylamine groups is 1. The van der Waals surface area contributed by atoms with Crippen LogP contribution in [0.5, 0.6) is 0 Å². The van der Waals surface area contributed by atoms with Crippen molar-refractivity contribution in [2.75, 3.05) is 6.61 Å². The Balaban J connectivity index is 2.89. The fourth-order valence-electron chi connectivity index (χ4n) is 1.38. The highest BCUT2D eigenvalue weighted by Gasteiger charge is 2.40. The van der Waals surface area contributed by atoms with E-state index in [1.165, 1.54) is 0 Å². The molecular weight excluding hydrogens is 272 g/mol. The molecule has 20 heavy (non-hydrogen) atoms. The number of ether oxygens (including phenoxy) is 1. The zero-order valence-corrected chi connectivity index (χ0v) is 11.4. The Labute approximate surface area is 114 Å². The number of carbonyl (C=O) groups excluding carboxylic acids is 3. The number of rotatable bonds is 4. The van der Waals surface area contributed by atoms with Crippen molar-refractivity contribution in [2.45, 2.75) is 39.2 Å². The second-order valence-corrected chi connectivity index (χ2v) is 5.02. The lowest BCUT2D eigenvalue weighted by Crippen LogP contribution is -2.51. The molecule has 1 heterocycles. The van der Waals surface area contributed by atoms with Gasteiger partial charge in [-0.25, -0.2) is 14.4 Å². The van der Waals surface area contributed by atoms with Gasteiger partial charge in [-0.1, -0.05) is 5.17 Å². The zero-order valence-electron chi connectivity index (χ0n) is 11.4. The van der Waals surface area contributed by atoms with Crippen molar-refractivity contribution >= 4 is 23.9 Å². The van der Waals surface area contributed by atoms with Crippen molar-refractivity contribution in [1.82, 2.24) is 10.2 Å². The van der Waals surface area contributed by atoms with Crippen LogP contribution in [0.4, 0.5) is 4.79 Å². The van der Waals surface area contributed by atoms with Gasteiger partial charge >= 0.3 is 12.1 Å². The molecule has 1 aliphatic heterocycles. The van der Waals surface area contributed by atoms with Gasteiger partial charge in [0.1, 0.15) is 5.60 Å². The van der Waals surface area contributed by atoms with Crippen molar-refractivity contribution in [1.29, 1.82) is 0 Å². The van der Waals surface area contributed by atoms with E-state index in [-0.39, 0.29) is 18.0 Å². The normalized spacial score (nSPS) is 15.4. The number of hydrogen-bond acceptors (Lipinski definition) is 6. The standard InChI is InChI=1S/C11H16N2O7/c1-11(2,3)20-10(18)13(19-6-9(16)17)12-7(14)4-5-8(12)15/h4-6H2,1-3H3,(H,16,17). The number of carboxylic acid groups (broad SMARTS) is 1. The van der Waals surface area contributed by atoms with Crippen LogP contribution in [-0.4, -0.2) is 51.4 Å². The molecule has 0 aromatic heterocycles. The topological polar surface area (TPSA) is 113 Å². The summed E-state index contributed by atoms with van der Waals surface area (Å²) in [5.74, 6) is -2.69. The largest absolute Gasteiger partial charge is 0.479 e. The lowest BCUT2D eigenvalue weighted by atomic mass is 10.2. The van der Waals surface area contributed by atoms with Gasteiger partial charge in [0.15, 0.2) is 6.61 Å². The smallest absolute Gasteiger partial charge is 0.455 e. The maximum atomic E-state index is 11.9. The van der Waals surface area contributed by atoms with Crippen molar-refractivity contribution in [3.05, 3.63) is 0 Å². The molecule has 0 saturated carbocycles. The van der Waals surface area contributed by atoms with E-state index in [1.807, 2.05) is 0 Å². The van der Waals surface area contributed by atoms with Crippen molar-refractivity contribution in [2.24, 2.45) is 0 Å². The molecular formula is C11H16N2O7. The Kier molecular flexibility index (Phi) is 4.66. The Morgan fingerprint density at radius 2 is 1.75 bits per heavy atom. The third-order valence-corrected chi connectivity index (χ3v) is 2.07. The molecule has 1 aliphatic rings. The first-order chi connectivity index (χ1) is 9.11. The summed E-state index contributed by atoms with van der Waals surface area (Å²) in [6.07, 6.45) is -1.29. The number of hydrazine groups is 1. The van der Waals surface area contributed by atoms with E-state index in [2.05, 4.69) is 4.84 Å². The molecule has 3 amide bonds. The minimum atomic E-state index is -1.36. The highest BCUT2D eigenvalue weighted by Crippen LogP contribution is 2.18. The SMILES string of the molecule is CC(C)(C)OC(=O)N(OCC(=O)O)N1C(=O)CCC1=O. The van der Waals surface area contributed by atoms with Gasteiger partial charge in [-0.15, -0.1) is 0 Å². The van der Waals surface area contributed by atoms with Crippen molar-refractivity contribution in [3.8, 4) is 0 Å². The summed E-state index contributed by atoms with van der Waals surface area (Å²) in [6, 6.07) is 0. The fraction of sp³-hybridized carbons (Fsp3) is 0.636. The van der Waals surface area contributed by atoms with Gasteiger partial charge < -0.3 is 9.84 Å². The maximum Gasteiger partial charge on any atom is 0.455 e. The first kappa shape index (κ1) is 15.9. The van der Waals surface area contributed by atoms with Crippen LogP contribution in [0, 0.1) is 0 Å². The van der Waals surface area contributed by atoms with Crippen LogP contribution in [0.15, 0.2) is 0 Å². The van der Waals surface area contributed by atoms with Crippen LogP contribution < -0.4 is 0 Å². The predicted molar refractivity (Wildman–Crippen MR) is 62.7 cm³/mol. The Hall–Kier alpha value is -2.16. The number of imide groups is 1. The fourth-order valence-corrected chi connectivity index (χ4v) is 1.38. The molecule has 0 aromatic rings. The summed E-state index contributed by atoms with van der Waals surface area (Å²) >= 11 is 0. The average molecular weight is 288 g/mol. The lowest BCUT2D eigenvalue weighted by Gasteiger charge is -2.30. The molecule has 9 nitrogen and oxygen atoms in total. The molecule has 0 unspecified atom stereocenters. The van der Waals surface area contributed by atoms with Crippen LogP contribution >= 0.6 is 0 Å². The molecule has 0 aromatic carbocycles. The first-order valence-electron chi connectivity index (χ1n) is 5.85. The molecule has 0 aliphatic carbocycles. The van der Waals surface area contributed by atoms with Crippen LogP contribution in [-0.2, 0) is 24.0 Å². The van der Waals surface area contributed by atoms with E-state index in [1.54, 1.807) is 20.8 Å². The van der Waals surface area contributed by atoms with Crippen molar-refractivity contribution in [3.63, 3.8) is 0 Å². The van der Waals surface area contributed by atoms with E-state index < -0.39 is 36.1 Å². The summed E-state index contributed by atoms with van der Waals surface area (Å²) in [4.78, 5) is 50.2. The van der Waals surface area contributed by atoms with E-state index in [0.717, 1.165) is 0 Å². The van der Waals surface area contributed by atoms with E-state index in [4.69, 9.17) is 9.84 Å². The molecule has 0 bridgehead atoms. The second-order valence-electron chi connectivity index (χ2n) is 5.02. The molecule has 1 rings (SSSR count). The predicted octanol–water partition coefficient (Wildman–Crippen LogP) is 0.304. The molecule has 0 atom stereocenters.